The van der Waals surface area contributed by atoms with Crippen LogP contribution in [0.15, 0.2) is 11.6 Å². The number of rotatable bonds is 7. The second-order valence-electron chi connectivity index (χ2n) is 7.16. The fraction of sp³-hybridized carbons (Fsp3) is 0.842. The summed E-state index contributed by atoms with van der Waals surface area (Å²) in [7, 11) is 0. The van der Waals surface area contributed by atoms with Crippen LogP contribution in [0.1, 0.15) is 80.1 Å². The van der Waals surface area contributed by atoms with Crippen molar-refractivity contribution in [2.75, 3.05) is 13.1 Å². The Morgan fingerprint density at radius 1 is 1.14 bits per heavy atom. The van der Waals surface area contributed by atoms with Crippen LogP contribution in [0, 0.1) is 10.8 Å². The Labute approximate surface area is 132 Å². The lowest BCUT2D eigenvalue weighted by Crippen LogP contribution is -2.44. The number of carbonyl (C=O) groups is 1. The molecule has 0 aromatic carbocycles. The molecular formula is C19H35NO. The van der Waals surface area contributed by atoms with Gasteiger partial charge in [0.25, 0.3) is 0 Å². The zero-order valence-corrected chi connectivity index (χ0v) is 15.1. The summed E-state index contributed by atoms with van der Waals surface area (Å²) in [4.78, 5) is 14.8. The largest absolute Gasteiger partial charge is 0.338 e. The fourth-order valence-corrected chi connectivity index (χ4v) is 3.45. The molecule has 21 heavy (non-hydrogen) atoms. The minimum atomic E-state index is -0.178. The van der Waals surface area contributed by atoms with E-state index >= 15 is 0 Å². The molecule has 1 aliphatic heterocycles. The van der Waals surface area contributed by atoms with E-state index in [4.69, 9.17) is 0 Å². The maximum atomic E-state index is 12.7. The quantitative estimate of drug-likeness (QED) is 0.592. The molecule has 1 amide bonds. The highest BCUT2D eigenvalue weighted by Crippen LogP contribution is 2.39. The number of carbonyl (C=O) groups excluding carboxylic acids is 1. The molecule has 2 nitrogen and oxygen atoms in total. The molecule has 2 heteroatoms. The summed E-state index contributed by atoms with van der Waals surface area (Å²) in [6.07, 6.45) is 8.93. The molecule has 1 atom stereocenters. The minimum Gasteiger partial charge on any atom is -0.338 e. The maximum Gasteiger partial charge on any atom is 0.228 e. The fourth-order valence-electron chi connectivity index (χ4n) is 3.45. The zero-order valence-electron chi connectivity index (χ0n) is 15.1. The highest BCUT2D eigenvalue weighted by atomic mass is 16.2. The van der Waals surface area contributed by atoms with Crippen LogP contribution >= 0.6 is 0 Å². The van der Waals surface area contributed by atoms with Crippen molar-refractivity contribution in [2.45, 2.75) is 80.1 Å². The molecule has 0 radical (unpaired) electrons. The van der Waals surface area contributed by atoms with Crippen LogP contribution in [0.2, 0.25) is 0 Å². The highest BCUT2D eigenvalue weighted by Gasteiger charge is 2.35. The molecule has 0 aromatic rings. The predicted octanol–water partition coefficient (Wildman–Crippen LogP) is 5.19. The molecular weight excluding hydrogens is 258 g/mol. The molecule has 0 saturated carbocycles. The van der Waals surface area contributed by atoms with E-state index in [0.29, 0.717) is 11.3 Å². The van der Waals surface area contributed by atoms with Crippen LogP contribution in [0.3, 0.4) is 0 Å². The summed E-state index contributed by atoms with van der Waals surface area (Å²) in [6, 6.07) is 0. The molecule has 0 aliphatic carbocycles. The molecule has 0 bridgehead atoms. The van der Waals surface area contributed by atoms with Crippen molar-refractivity contribution in [2.24, 2.45) is 10.8 Å². The smallest absolute Gasteiger partial charge is 0.228 e. The Morgan fingerprint density at radius 2 is 1.76 bits per heavy atom. The van der Waals surface area contributed by atoms with Gasteiger partial charge in [0.15, 0.2) is 0 Å². The van der Waals surface area contributed by atoms with Crippen molar-refractivity contribution in [3.63, 3.8) is 0 Å². The van der Waals surface area contributed by atoms with Gasteiger partial charge in [-0.2, -0.15) is 0 Å². The van der Waals surface area contributed by atoms with Gasteiger partial charge >= 0.3 is 0 Å². The lowest BCUT2D eigenvalue weighted by molar-refractivity contribution is -0.141. The van der Waals surface area contributed by atoms with Gasteiger partial charge in [-0.05, 0) is 37.5 Å². The van der Waals surface area contributed by atoms with Gasteiger partial charge in [0.2, 0.25) is 5.91 Å². The van der Waals surface area contributed by atoms with Gasteiger partial charge in [-0.1, -0.05) is 59.6 Å². The van der Waals surface area contributed by atoms with Crippen LogP contribution < -0.4 is 0 Å². The Bertz CT molecular complexity index is 381. The summed E-state index contributed by atoms with van der Waals surface area (Å²) in [6.45, 7) is 15.0. The van der Waals surface area contributed by atoms with E-state index < -0.39 is 0 Å². The van der Waals surface area contributed by atoms with E-state index in [9.17, 15) is 4.79 Å². The third-order valence-corrected chi connectivity index (χ3v) is 5.93. The third kappa shape index (κ3) is 3.90. The topological polar surface area (TPSA) is 20.3 Å². The lowest BCUT2D eigenvalue weighted by atomic mass is 9.73. The summed E-state index contributed by atoms with van der Waals surface area (Å²) >= 11 is 0. The first-order valence-corrected chi connectivity index (χ1v) is 8.85. The van der Waals surface area contributed by atoms with Crippen LogP contribution in [0.25, 0.3) is 0 Å². The van der Waals surface area contributed by atoms with Gasteiger partial charge in [0, 0.05) is 18.5 Å². The van der Waals surface area contributed by atoms with Crippen LogP contribution in [0.4, 0.5) is 0 Å². The second-order valence-corrected chi connectivity index (χ2v) is 7.16. The van der Waals surface area contributed by atoms with E-state index in [-0.39, 0.29) is 5.41 Å². The molecule has 1 aliphatic rings. The summed E-state index contributed by atoms with van der Waals surface area (Å²) < 4.78 is 0. The Hall–Kier alpha value is -0.790. The van der Waals surface area contributed by atoms with Crippen LogP contribution in [0.5, 0.6) is 0 Å². The monoisotopic (exact) mass is 293 g/mol. The normalized spacial score (nSPS) is 19.1. The Morgan fingerprint density at radius 3 is 2.14 bits per heavy atom. The molecule has 0 fully saturated rings. The average Bonchev–Trinajstić information content (AvgIpc) is 2.53. The first-order chi connectivity index (χ1) is 9.86. The number of nitrogens with zero attached hydrogens (tertiary/aromatic N) is 1. The summed E-state index contributed by atoms with van der Waals surface area (Å²) in [5.41, 5.74) is 1.73. The highest BCUT2D eigenvalue weighted by molar-refractivity contribution is 5.82. The van der Waals surface area contributed by atoms with Crippen molar-refractivity contribution in [1.29, 1.82) is 0 Å². The van der Waals surface area contributed by atoms with Gasteiger partial charge < -0.3 is 4.90 Å². The molecule has 0 N–H and O–H groups in total. The molecule has 1 heterocycles. The lowest BCUT2D eigenvalue weighted by Gasteiger charge is -2.39. The second kappa shape index (κ2) is 7.47. The van der Waals surface area contributed by atoms with E-state index in [1.165, 1.54) is 19.3 Å². The minimum absolute atomic E-state index is 0.178. The zero-order chi connectivity index (χ0) is 16.1. The Balaban J connectivity index is 2.80. The molecule has 1 rings (SSSR count). The number of amides is 1. The van der Waals surface area contributed by atoms with E-state index in [1.54, 1.807) is 5.57 Å². The molecule has 0 aromatic heterocycles. The molecule has 1 unspecified atom stereocenters. The summed E-state index contributed by atoms with van der Waals surface area (Å²) in [5, 5.41) is 0. The SMILES string of the molecule is CCCC(C)(CC)C1=CCN(C(=O)C(C)(CC)CC)CC1. The van der Waals surface area contributed by atoms with E-state index in [2.05, 4.69) is 52.5 Å². The van der Waals surface area contributed by atoms with Gasteiger partial charge in [0.1, 0.15) is 0 Å². The van der Waals surface area contributed by atoms with Crippen molar-refractivity contribution >= 4 is 5.91 Å². The van der Waals surface area contributed by atoms with Crippen LogP contribution in [-0.4, -0.2) is 23.9 Å². The standard InChI is InChI=1S/C19H35NO/c1-7-13-19(6,10-4)16-11-14-20(15-12-16)17(21)18(5,8-2)9-3/h11H,7-10,12-15H2,1-6H3. The van der Waals surface area contributed by atoms with Crippen molar-refractivity contribution in [3.8, 4) is 0 Å². The first-order valence-electron chi connectivity index (χ1n) is 8.85. The van der Waals surface area contributed by atoms with E-state index in [0.717, 1.165) is 32.4 Å². The van der Waals surface area contributed by atoms with Crippen molar-refractivity contribution in [3.05, 3.63) is 11.6 Å². The Kier molecular flexibility index (Phi) is 6.49. The van der Waals surface area contributed by atoms with Crippen molar-refractivity contribution in [1.82, 2.24) is 4.90 Å². The van der Waals surface area contributed by atoms with E-state index in [1.807, 2.05) is 0 Å². The average molecular weight is 293 g/mol. The molecule has 0 spiro atoms. The first kappa shape index (κ1) is 18.3. The molecule has 0 saturated heterocycles. The predicted molar refractivity (Wildman–Crippen MR) is 91.3 cm³/mol. The van der Waals surface area contributed by atoms with Gasteiger partial charge in [-0.3, -0.25) is 4.79 Å². The van der Waals surface area contributed by atoms with Gasteiger partial charge in [0.05, 0.1) is 0 Å². The van der Waals surface area contributed by atoms with Gasteiger partial charge in [-0.15, -0.1) is 0 Å². The summed E-state index contributed by atoms with van der Waals surface area (Å²) in [5.74, 6) is 0.344. The number of hydrogen-bond donors (Lipinski definition) is 0. The third-order valence-electron chi connectivity index (χ3n) is 5.93. The molecule has 122 valence electrons. The van der Waals surface area contributed by atoms with Crippen molar-refractivity contribution < 1.29 is 4.79 Å². The number of hydrogen-bond acceptors (Lipinski definition) is 1. The maximum absolute atomic E-state index is 12.7. The van der Waals surface area contributed by atoms with Crippen LogP contribution in [-0.2, 0) is 4.79 Å². The van der Waals surface area contributed by atoms with Gasteiger partial charge in [-0.25, -0.2) is 0 Å².